The molecule has 0 bridgehead atoms. The van der Waals surface area contributed by atoms with Crippen molar-refractivity contribution < 1.29 is 14.5 Å². The Morgan fingerprint density at radius 3 is 2.43 bits per heavy atom. The van der Waals surface area contributed by atoms with Gasteiger partial charge in [0.25, 0.3) is 5.69 Å². The van der Waals surface area contributed by atoms with Gasteiger partial charge in [-0.25, -0.2) is 0 Å². The van der Waals surface area contributed by atoms with Gasteiger partial charge in [-0.3, -0.25) is 14.9 Å². The average molecular weight is 404 g/mol. The van der Waals surface area contributed by atoms with Crippen molar-refractivity contribution in [1.82, 2.24) is 4.90 Å². The Kier molecular flexibility index (Phi) is 6.71. The van der Waals surface area contributed by atoms with E-state index in [1.165, 1.54) is 6.07 Å². The second-order valence-corrected chi connectivity index (χ2v) is 6.96. The molecule has 1 fully saturated rings. The van der Waals surface area contributed by atoms with Crippen LogP contribution in [0.4, 0.5) is 11.4 Å². The molecular weight excluding hydrogens is 382 g/mol. The number of carbonyl (C=O) groups excluding carboxylic acids is 1. The molecule has 28 heavy (non-hydrogen) atoms. The number of rotatable bonds is 7. The number of hydrogen-bond donors (Lipinski definition) is 0. The minimum atomic E-state index is -0.368. The first-order chi connectivity index (χ1) is 13.5. The maximum absolute atomic E-state index is 12.4. The van der Waals surface area contributed by atoms with E-state index in [0.717, 1.165) is 5.75 Å². The van der Waals surface area contributed by atoms with E-state index in [2.05, 4.69) is 0 Å². The number of piperazine rings is 1. The van der Waals surface area contributed by atoms with Gasteiger partial charge in [0.15, 0.2) is 0 Å². The van der Waals surface area contributed by atoms with Crippen molar-refractivity contribution in [3.05, 3.63) is 63.7 Å². The molecule has 148 valence electrons. The molecular formula is C20H22ClN3O4. The summed E-state index contributed by atoms with van der Waals surface area (Å²) in [6, 6.07) is 13.8. The quantitative estimate of drug-likeness (QED) is 0.399. The van der Waals surface area contributed by atoms with Gasteiger partial charge in [-0.05, 0) is 36.8 Å². The summed E-state index contributed by atoms with van der Waals surface area (Å²) in [5, 5.41) is 11.9. The van der Waals surface area contributed by atoms with Crippen LogP contribution >= 0.6 is 11.6 Å². The summed E-state index contributed by atoms with van der Waals surface area (Å²) in [5.41, 5.74) is 0.706. The monoisotopic (exact) mass is 403 g/mol. The van der Waals surface area contributed by atoms with Crippen LogP contribution in [-0.4, -0.2) is 48.5 Å². The molecule has 7 nitrogen and oxygen atoms in total. The third-order valence-corrected chi connectivity index (χ3v) is 4.92. The Bertz CT molecular complexity index is 820. The predicted octanol–water partition coefficient (Wildman–Crippen LogP) is 3.76. The van der Waals surface area contributed by atoms with Gasteiger partial charge < -0.3 is 14.5 Å². The normalized spacial score (nSPS) is 14.0. The van der Waals surface area contributed by atoms with Gasteiger partial charge in [0.1, 0.15) is 11.4 Å². The summed E-state index contributed by atoms with van der Waals surface area (Å²) in [7, 11) is 0. The van der Waals surface area contributed by atoms with Crippen molar-refractivity contribution in [3.63, 3.8) is 0 Å². The van der Waals surface area contributed by atoms with E-state index in [-0.39, 0.29) is 16.5 Å². The Morgan fingerprint density at radius 1 is 1.07 bits per heavy atom. The van der Waals surface area contributed by atoms with Gasteiger partial charge in [0, 0.05) is 43.7 Å². The number of amides is 1. The van der Waals surface area contributed by atoms with E-state index in [4.69, 9.17) is 16.3 Å². The van der Waals surface area contributed by atoms with E-state index in [0.29, 0.717) is 56.3 Å². The van der Waals surface area contributed by atoms with Crippen molar-refractivity contribution >= 4 is 28.9 Å². The van der Waals surface area contributed by atoms with E-state index >= 15 is 0 Å². The molecule has 0 radical (unpaired) electrons. The number of nitro benzene ring substituents is 1. The largest absolute Gasteiger partial charge is 0.494 e. The lowest BCUT2D eigenvalue weighted by atomic mass is 10.2. The van der Waals surface area contributed by atoms with Crippen molar-refractivity contribution in [1.29, 1.82) is 0 Å². The zero-order valence-electron chi connectivity index (χ0n) is 15.4. The minimum absolute atomic E-state index is 0.0851. The highest BCUT2D eigenvalue weighted by molar-refractivity contribution is 6.30. The van der Waals surface area contributed by atoms with Crippen molar-refractivity contribution in [2.24, 2.45) is 0 Å². The maximum atomic E-state index is 12.4. The summed E-state index contributed by atoms with van der Waals surface area (Å²) in [5.74, 6) is 0.817. The van der Waals surface area contributed by atoms with Crippen LogP contribution in [0.3, 0.4) is 0 Å². The lowest BCUT2D eigenvalue weighted by Gasteiger charge is -2.35. The van der Waals surface area contributed by atoms with Gasteiger partial charge in [-0.1, -0.05) is 23.7 Å². The Labute approximate surface area is 168 Å². The van der Waals surface area contributed by atoms with E-state index in [1.807, 2.05) is 9.80 Å². The fraction of sp³-hybridized carbons (Fsp3) is 0.350. The molecule has 0 aromatic heterocycles. The van der Waals surface area contributed by atoms with Crippen LogP contribution in [0.15, 0.2) is 48.5 Å². The number of nitro groups is 1. The first-order valence-corrected chi connectivity index (χ1v) is 9.57. The molecule has 0 saturated carbocycles. The van der Waals surface area contributed by atoms with Crippen LogP contribution in [0.1, 0.15) is 12.8 Å². The Morgan fingerprint density at radius 2 is 1.75 bits per heavy atom. The summed E-state index contributed by atoms with van der Waals surface area (Å²) >= 11 is 5.83. The van der Waals surface area contributed by atoms with Gasteiger partial charge in [-0.15, -0.1) is 0 Å². The highest BCUT2D eigenvalue weighted by Gasteiger charge is 2.25. The fourth-order valence-electron chi connectivity index (χ4n) is 3.19. The standard InChI is InChI=1S/C20H22ClN3O4/c21-16-7-9-17(10-8-16)28-15-3-6-20(25)23-13-11-22(12-14-23)18-4-1-2-5-19(18)24(26)27/h1-2,4-5,7-10H,3,6,11-15H2. The zero-order valence-corrected chi connectivity index (χ0v) is 16.2. The SMILES string of the molecule is O=C(CCCOc1ccc(Cl)cc1)N1CCN(c2ccccc2[N+](=O)[O-])CC1. The molecule has 0 unspecified atom stereocenters. The minimum Gasteiger partial charge on any atom is -0.494 e. The third-order valence-electron chi connectivity index (χ3n) is 4.67. The number of hydrogen-bond acceptors (Lipinski definition) is 5. The van der Waals surface area contributed by atoms with E-state index in [1.54, 1.807) is 42.5 Å². The van der Waals surface area contributed by atoms with Crippen LogP contribution in [0, 0.1) is 10.1 Å². The molecule has 0 spiro atoms. The summed E-state index contributed by atoms with van der Waals surface area (Å²) in [4.78, 5) is 27.0. The average Bonchev–Trinajstić information content (AvgIpc) is 2.72. The molecule has 2 aromatic rings. The number of nitrogens with zero attached hydrogens (tertiary/aromatic N) is 3. The zero-order chi connectivity index (χ0) is 19.9. The Hall–Kier alpha value is -2.80. The van der Waals surface area contributed by atoms with Crippen LogP contribution in [-0.2, 0) is 4.79 Å². The van der Waals surface area contributed by atoms with Gasteiger partial charge in [0.05, 0.1) is 11.5 Å². The van der Waals surface area contributed by atoms with Crippen molar-refractivity contribution in [3.8, 4) is 5.75 Å². The molecule has 0 aliphatic carbocycles. The van der Waals surface area contributed by atoms with Crippen molar-refractivity contribution in [2.75, 3.05) is 37.7 Å². The van der Waals surface area contributed by atoms with Gasteiger partial charge in [-0.2, -0.15) is 0 Å². The number of halogens is 1. The molecule has 1 aliphatic heterocycles. The highest BCUT2D eigenvalue weighted by Crippen LogP contribution is 2.28. The molecule has 0 atom stereocenters. The van der Waals surface area contributed by atoms with Crippen LogP contribution in [0.25, 0.3) is 0 Å². The molecule has 3 rings (SSSR count). The predicted molar refractivity (Wildman–Crippen MR) is 108 cm³/mol. The van der Waals surface area contributed by atoms with Crippen molar-refractivity contribution in [2.45, 2.75) is 12.8 Å². The number of benzene rings is 2. The van der Waals surface area contributed by atoms with Crippen LogP contribution in [0.5, 0.6) is 5.75 Å². The second kappa shape index (κ2) is 9.41. The highest BCUT2D eigenvalue weighted by atomic mass is 35.5. The summed E-state index contributed by atoms with van der Waals surface area (Å²) in [6.07, 6.45) is 1.05. The van der Waals surface area contributed by atoms with E-state index < -0.39 is 0 Å². The first kappa shape index (κ1) is 19.9. The third kappa shape index (κ3) is 5.13. The number of ether oxygens (including phenoxy) is 1. The molecule has 2 aromatic carbocycles. The van der Waals surface area contributed by atoms with E-state index in [9.17, 15) is 14.9 Å². The lowest BCUT2D eigenvalue weighted by molar-refractivity contribution is -0.384. The second-order valence-electron chi connectivity index (χ2n) is 6.52. The maximum Gasteiger partial charge on any atom is 0.292 e. The number of para-hydroxylation sites is 2. The molecule has 0 N–H and O–H groups in total. The number of carbonyl (C=O) groups is 1. The summed E-state index contributed by atoms with van der Waals surface area (Å²) < 4.78 is 5.61. The molecule has 1 amide bonds. The molecule has 8 heteroatoms. The van der Waals surface area contributed by atoms with Gasteiger partial charge in [0.2, 0.25) is 5.91 Å². The lowest BCUT2D eigenvalue weighted by Crippen LogP contribution is -2.49. The molecule has 1 saturated heterocycles. The summed E-state index contributed by atoms with van der Waals surface area (Å²) in [6.45, 7) is 2.74. The van der Waals surface area contributed by atoms with Crippen LogP contribution in [0.2, 0.25) is 5.02 Å². The first-order valence-electron chi connectivity index (χ1n) is 9.19. The molecule has 1 aliphatic rings. The fourth-order valence-corrected chi connectivity index (χ4v) is 3.31. The Balaban J connectivity index is 1.42. The van der Waals surface area contributed by atoms with Crippen LogP contribution < -0.4 is 9.64 Å². The number of anilines is 1. The topological polar surface area (TPSA) is 75.9 Å². The van der Waals surface area contributed by atoms with Gasteiger partial charge >= 0.3 is 0 Å². The molecule has 1 heterocycles. The smallest absolute Gasteiger partial charge is 0.292 e.